The zero-order chi connectivity index (χ0) is 16.8. The van der Waals surface area contributed by atoms with Crippen molar-refractivity contribution in [2.24, 2.45) is 0 Å². The molecule has 2 atom stereocenters. The number of likely N-dealkylation sites (tertiary alicyclic amines) is 1. The van der Waals surface area contributed by atoms with Crippen molar-refractivity contribution in [1.29, 1.82) is 0 Å². The molecule has 0 bridgehead atoms. The maximum absolute atomic E-state index is 6.30. The Morgan fingerprint density at radius 3 is 2.58 bits per heavy atom. The molecule has 2 unspecified atom stereocenters. The van der Waals surface area contributed by atoms with Gasteiger partial charge in [-0.05, 0) is 44.0 Å². The molecular weight excluding hydrogens is 318 g/mol. The third-order valence-electron chi connectivity index (χ3n) is 4.90. The zero-order valence-electron chi connectivity index (χ0n) is 14.3. The number of benzene rings is 2. The van der Waals surface area contributed by atoms with E-state index in [0.29, 0.717) is 11.1 Å². The van der Waals surface area contributed by atoms with Crippen molar-refractivity contribution in [3.05, 3.63) is 65.2 Å². The first-order chi connectivity index (χ1) is 11.7. The number of hydrogen-bond acceptors (Lipinski definition) is 2. The van der Waals surface area contributed by atoms with Crippen molar-refractivity contribution in [1.82, 2.24) is 4.90 Å². The minimum atomic E-state index is 0.0280. The first kappa shape index (κ1) is 17.3. The standard InChI is InChI=1S/C21H26ClNO/c1-17-9-7-8-15-23(17)16-14-20(18-10-3-2-4-11-18)24-21-13-6-5-12-19(21)22/h2-6,10-13,17,20H,7-9,14-16H2,1H3. The summed E-state index contributed by atoms with van der Waals surface area (Å²) >= 11 is 6.29. The summed E-state index contributed by atoms with van der Waals surface area (Å²) in [5, 5.41) is 0.671. The maximum Gasteiger partial charge on any atom is 0.138 e. The molecule has 0 spiro atoms. The normalized spacial score (nSPS) is 19.8. The molecule has 1 aliphatic rings. The van der Waals surface area contributed by atoms with Crippen LogP contribution in [-0.2, 0) is 0 Å². The van der Waals surface area contributed by atoms with Crippen LogP contribution in [0.4, 0.5) is 0 Å². The van der Waals surface area contributed by atoms with Gasteiger partial charge in [0, 0.05) is 19.0 Å². The predicted molar refractivity (Wildman–Crippen MR) is 101 cm³/mol. The molecule has 24 heavy (non-hydrogen) atoms. The van der Waals surface area contributed by atoms with E-state index in [1.807, 2.05) is 30.3 Å². The molecule has 0 saturated carbocycles. The highest BCUT2D eigenvalue weighted by Gasteiger charge is 2.21. The fourth-order valence-corrected chi connectivity index (χ4v) is 3.61. The molecular formula is C21H26ClNO. The van der Waals surface area contributed by atoms with E-state index in [4.69, 9.17) is 16.3 Å². The highest BCUT2D eigenvalue weighted by atomic mass is 35.5. The molecule has 1 saturated heterocycles. The summed E-state index contributed by atoms with van der Waals surface area (Å²) in [5.74, 6) is 0.764. The average molecular weight is 344 g/mol. The summed E-state index contributed by atoms with van der Waals surface area (Å²) in [6, 6.07) is 18.9. The Hall–Kier alpha value is -1.51. The molecule has 2 aromatic rings. The molecule has 1 fully saturated rings. The minimum absolute atomic E-state index is 0.0280. The summed E-state index contributed by atoms with van der Waals surface area (Å²) in [5.41, 5.74) is 1.21. The second kappa shape index (κ2) is 8.55. The fraction of sp³-hybridized carbons (Fsp3) is 0.429. The van der Waals surface area contributed by atoms with E-state index >= 15 is 0 Å². The number of rotatable bonds is 6. The highest BCUT2D eigenvalue weighted by molar-refractivity contribution is 6.32. The van der Waals surface area contributed by atoms with Crippen LogP contribution in [0.25, 0.3) is 0 Å². The molecule has 0 aliphatic carbocycles. The quantitative estimate of drug-likeness (QED) is 0.664. The lowest BCUT2D eigenvalue weighted by atomic mass is 10.0. The van der Waals surface area contributed by atoms with Crippen LogP contribution in [0.15, 0.2) is 54.6 Å². The molecule has 128 valence electrons. The highest BCUT2D eigenvalue weighted by Crippen LogP contribution is 2.31. The third kappa shape index (κ3) is 4.52. The summed E-state index contributed by atoms with van der Waals surface area (Å²) < 4.78 is 6.30. The van der Waals surface area contributed by atoms with Crippen LogP contribution in [0.2, 0.25) is 5.02 Å². The summed E-state index contributed by atoms with van der Waals surface area (Å²) in [7, 11) is 0. The molecule has 2 aromatic carbocycles. The van der Waals surface area contributed by atoms with Crippen LogP contribution in [-0.4, -0.2) is 24.0 Å². The van der Waals surface area contributed by atoms with Gasteiger partial charge in [0.1, 0.15) is 11.9 Å². The molecule has 3 heteroatoms. The lowest BCUT2D eigenvalue weighted by Crippen LogP contribution is -2.38. The van der Waals surface area contributed by atoms with Gasteiger partial charge in [-0.2, -0.15) is 0 Å². The van der Waals surface area contributed by atoms with E-state index < -0.39 is 0 Å². The van der Waals surface area contributed by atoms with Crippen LogP contribution in [0.3, 0.4) is 0 Å². The second-order valence-electron chi connectivity index (χ2n) is 6.62. The van der Waals surface area contributed by atoms with Crippen molar-refractivity contribution in [2.75, 3.05) is 13.1 Å². The lowest BCUT2D eigenvalue weighted by Gasteiger charge is -2.34. The number of hydrogen-bond donors (Lipinski definition) is 0. The van der Waals surface area contributed by atoms with Gasteiger partial charge < -0.3 is 9.64 Å². The molecule has 3 rings (SSSR count). The summed E-state index contributed by atoms with van der Waals surface area (Å²) in [6.45, 7) is 4.60. The van der Waals surface area contributed by atoms with Crippen molar-refractivity contribution >= 4 is 11.6 Å². The van der Waals surface area contributed by atoms with Gasteiger partial charge in [-0.25, -0.2) is 0 Å². The van der Waals surface area contributed by atoms with Gasteiger partial charge in [0.2, 0.25) is 0 Å². The number of nitrogens with zero attached hydrogens (tertiary/aromatic N) is 1. The van der Waals surface area contributed by atoms with Gasteiger partial charge in [0.05, 0.1) is 5.02 Å². The molecule has 0 N–H and O–H groups in total. The Kier molecular flexibility index (Phi) is 6.17. The maximum atomic E-state index is 6.30. The van der Waals surface area contributed by atoms with Crippen LogP contribution in [0, 0.1) is 0 Å². The number of para-hydroxylation sites is 1. The van der Waals surface area contributed by atoms with E-state index in [0.717, 1.165) is 18.7 Å². The third-order valence-corrected chi connectivity index (χ3v) is 5.21. The van der Waals surface area contributed by atoms with Crippen LogP contribution in [0.5, 0.6) is 5.75 Å². The van der Waals surface area contributed by atoms with Crippen LogP contribution >= 0.6 is 11.6 Å². The summed E-state index contributed by atoms with van der Waals surface area (Å²) in [6.07, 6.45) is 4.97. The molecule has 1 heterocycles. The van der Waals surface area contributed by atoms with Crippen molar-refractivity contribution in [3.8, 4) is 5.75 Å². The molecule has 1 aliphatic heterocycles. The van der Waals surface area contributed by atoms with E-state index in [-0.39, 0.29) is 6.10 Å². The van der Waals surface area contributed by atoms with Crippen molar-refractivity contribution < 1.29 is 4.74 Å². The largest absolute Gasteiger partial charge is 0.484 e. The fourth-order valence-electron chi connectivity index (χ4n) is 3.43. The second-order valence-corrected chi connectivity index (χ2v) is 7.02. The SMILES string of the molecule is CC1CCCCN1CCC(Oc1ccccc1Cl)c1ccccc1. The minimum Gasteiger partial charge on any atom is -0.484 e. The molecule has 2 nitrogen and oxygen atoms in total. The van der Waals surface area contributed by atoms with Gasteiger partial charge in [0.25, 0.3) is 0 Å². The number of ether oxygens (including phenoxy) is 1. The van der Waals surface area contributed by atoms with Gasteiger partial charge in [-0.1, -0.05) is 60.5 Å². The van der Waals surface area contributed by atoms with Crippen LogP contribution < -0.4 is 4.74 Å². The Labute approximate surface area is 150 Å². The average Bonchev–Trinajstić information content (AvgIpc) is 2.62. The first-order valence-corrected chi connectivity index (χ1v) is 9.32. The smallest absolute Gasteiger partial charge is 0.138 e. The van der Waals surface area contributed by atoms with Gasteiger partial charge in [-0.15, -0.1) is 0 Å². The van der Waals surface area contributed by atoms with Gasteiger partial charge in [0.15, 0.2) is 0 Å². The van der Waals surface area contributed by atoms with Crippen molar-refractivity contribution in [3.63, 3.8) is 0 Å². The predicted octanol–water partition coefficient (Wildman–Crippen LogP) is 5.72. The number of halogens is 1. The van der Waals surface area contributed by atoms with Crippen molar-refractivity contribution in [2.45, 2.75) is 44.8 Å². The van der Waals surface area contributed by atoms with E-state index in [2.05, 4.69) is 36.1 Å². The van der Waals surface area contributed by atoms with Crippen LogP contribution in [0.1, 0.15) is 44.3 Å². The van der Waals surface area contributed by atoms with Gasteiger partial charge in [-0.3, -0.25) is 0 Å². The Morgan fingerprint density at radius 2 is 1.83 bits per heavy atom. The molecule has 0 radical (unpaired) electrons. The molecule has 0 amide bonds. The zero-order valence-corrected chi connectivity index (χ0v) is 15.1. The lowest BCUT2D eigenvalue weighted by molar-refractivity contribution is 0.121. The van der Waals surface area contributed by atoms with E-state index in [1.165, 1.54) is 31.4 Å². The number of piperidine rings is 1. The first-order valence-electron chi connectivity index (χ1n) is 8.94. The van der Waals surface area contributed by atoms with E-state index in [9.17, 15) is 0 Å². The van der Waals surface area contributed by atoms with Gasteiger partial charge >= 0.3 is 0 Å². The monoisotopic (exact) mass is 343 g/mol. The Balaban J connectivity index is 1.71. The Morgan fingerprint density at radius 1 is 1.08 bits per heavy atom. The molecule has 0 aromatic heterocycles. The van der Waals surface area contributed by atoms with E-state index in [1.54, 1.807) is 0 Å². The topological polar surface area (TPSA) is 12.5 Å². The summed E-state index contributed by atoms with van der Waals surface area (Å²) in [4.78, 5) is 2.59. The Bertz CT molecular complexity index is 631.